The number of aliphatic imine (C=N–C) groups is 1. The molecule has 0 aliphatic carbocycles. The number of nitrogens with one attached hydrogen (secondary N) is 2. The second-order valence-electron chi connectivity index (χ2n) is 5.70. The standard InChI is InChI=1S/C15H28N4OS.HI/c1-6-16-14(17-8-9-20-7-2)18-10-13-19-12(11-21-13)15(3,4)5;/h11H,6-10H2,1-5H3,(H2,16,17,18);1H. The minimum atomic E-state index is 0. The van der Waals surface area contributed by atoms with Crippen molar-refractivity contribution in [1.82, 2.24) is 15.6 Å². The number of guanidine groups is 1. The molecule has 1 aromatic heterocycles. The molecule has 0 saturated heterocycles. The molecule has 0 aliphatic rings. The van der Waals surface area contributed by atoms with Crippen molar-refractivity contribution in [2.24, 2.45) is 4.99 Å². The SMILES string of the molecule is CCNC(=NCc1nc(C(C)(C)C)cs1)NCCOCC.I. The lowest BCUT2D eigenvalue weighted by Crippen LogP contribution is -2.39. The van der Waals surface area contributed by atoms with Gasteiger partial charge in [-0.15, -0.1) is 35.3 Å². The van der Waals surface area contributed by atoms with Gasteiger partial charge in [-0.1, -0.05) is 20.8 Å². The van der Waals surface area contributed by atoms with Gasteiger partial charge in [-0.3, -0.25) is 0 Å². The van der Waals surface area contributed by atoms with Crippen molar-refractivity contribution in [1.29, 1.82) is 0 Å². The number of hydrogen-bond acceptors (Lipinski definition) is 4. The number of ether oxygens (including phenoxy) is 1. The minimum absolute atomic E-state index is 0. The summed E-state index contributed by atoms with van der Waals surface area (Å²) >= 11 is 1.67. The Labute approximate surface area is 155 Å². The second kappa shape index (κ2) is 11.2. The molecular weight excluding hydrogens is 411 g/mol. The summed E-state index contributed by atoms with van der Waals surface area (Å²) in [7, 11) is 0. The lowest BCUT2D eigenvalue weighted by molar-refractivity contribution is 0.152. The number of rotatable bonds is 7. The van der Waals surface area contributed by atoms with Crippen molar-refractivity contribution in [2.75, 3.05) is 26.3 Å². The minimum Gasteiger partial charge on any atom is -0.380 e. The van der Waals surface area contributed by atoms with Gasteiger partial charge in [-0.05, 0) is 13.8 Å². The van der Waals surface area contributed by atoms with Gasteiger partial charge in [-0.2, -0.15) is 0 Å². The van der Waals surface area contributed by atoms with E-state index in [1.54, 1.807) is 11.3 Å². The summed E-state index contributed by atoms with van der Waals surface area (Å²) < 4.78 is 5.31. The number of aromatic nitrogens is 1. The van der Waals surface area contributed by atoms with Crippen LogP contribution in [0.2, 0.25) is 0 Å². The van der Waals surface area contributed by atoms with Crippen LogP contribution in [0, 0.1) is 0 Å². The highest BCUT2D eigenvalue weighted by atomic mass is 127. The molecule has 7 heteroatoms. The van der Waals surface area contributed by atoms with E-state index in [-0.39, 0.29) is 29.4 Å². The van der Waals surface area contributed by atoms with E-state index in [2.05, 4.69) is 53.7 Å². The first-order valence-corrected chi connectivity index (χ1v) is 8.40. The zero-order valence-electron chi connectivity index (χ0n) is 14.2. The topological polar surface area (TPSA) is 58.5 Å². The van der Waals surface area contributed by atoms with Crippen molar-refractivity contribution in [3.05, 3.63) is 16.1 Å². The average Bonchev–Trinajstić information content (AvgIpc) is 2.89. The Balaban J connectivity index is 0.00000441. The van der Waals surface area contributed by atoms with E-state index in [1.165, 1.54) is 0 Å². The lowest BCUT2D eigenvalue weighted by Gasteiger charge is -2.14. The van der Waals surface area contributed by atoms with Crippen LogP contribution in [0.15, 0.2) is 10.4 Å². The highest BCUT2D eigenvalue weighted by Crippen LogP contribution is 2.24. The van der Waals surface area contributed by atoms with Gasteiger partial charge in [0, 0.05) is 30.5 Å². The molecule has 0 unspecified atom stereocenters. The first-order valence-electron chi connectivity index (χ1n) is 7.52. The van der Waals surface area contributed by atoms with Crippen LogP contribution >= 0.6 is 35.3 Å². The van der Waals surface area contributed by atoms with Crippen molar-refractivity contribution in [3.63, 3.8) is 0 Å². The average molecular weight is 440 g/mol. The highest BCUT2D eigenvalue weighted by molar-refractivity contribution is 14.0. The fraction of sp³-hybridized carbons (Fsp3) is 0.733. The molecule has 0 atom stereocenters. The fourth-order valence-corrected chi connectivity index (χ4v) is 2.55. The van der Waals surface area contributed by atoms with Gasteiger partial charge < -0.3 is 15.4 Å². The fourth-order valence-electron chi connectivity index (χ4n) is 1.60. The third kappa shape index (κ3) is 8.28. The van der Waals surface area contributed by atoms with Gasteiger partial charge in [0.1, 0.15) is 5.01 Å². The number of nitrogens with zero attached hydrogens (tertiary/aromatic N) is 2. The molecule has 0 radical (unpaired) electrons. The summed E-state index contributed by atoms with van der Waals surface area (Å²) in [5.41, 5.74) is 1.23. The third-order valence-electron chi connectivity index (χ3n) is 2.78. The molecule has 1 aromatic rings. The second-order valence-corrected chi connectivity index (χ2v) is 6.64. The van der Waals surface area contributed by atoms with Crippen molar-refractivity contribution >= 4 is 41.3 Å². The molecule has 2 N–H and O–H groups in total. The maximum atomic E-state index is 5.31. The van der Waals surface area contributed by atoms with Crippen LogP contribution in [0.25, 0.3) is 0 Å². The number of thiazole rings is 1. The summed E-state index contributed by atoms with van der Waals surface area (Å²) in [5, 5.41) is 9.65. The van der Waals surface area contributed by atoms with Crippen LogP contribution in [0.5, 0.6) is 0 Å². The van der Waals surface area contributed by atoms with Crippen molar-refractivity contribution in [2.45, 2.75) is 46.6 Å². The first-order chi connectivity index (χ1) is 9.97. The summed E-state index contributed by atoms with van der Waals surface area (Å²) in [6, 6.07) is 0. The highest BCUT2D eigenvalue weighted by Gasteiger charge is 2.17. The number of hydrogen-bond donors (Lipinski definition) is 2. The molecule has 0 fully saturated rings. The predicted octanol–water partition coefficient (Wildman–Crippen LogP) is 3.15. The van der Waals surface area contributed by atoms with Gasteiger partial charge in [0.05, 0.1) is 18.8 Å². The third-order valence-corrected chi connectivity index (χ3v) is 3.61. The van der Waals surface area contributed by atoms with Crippen molar-refractivity contribution < 1.29 is 4.74 Å². The Morgan fingerprint density at radius 2 is 2.05 bits per heavy atom. The van der Waals surface area contributed by atoms with Crippen LogP contribution in [0.1, 0.15) is 45.3 Å². The molecule has 0 aliphatic heterocycles. The van der Waals surface area contributed by atoms with Gasteiger partial charge in [0.2, 0.25) is 0 Å². The predicted molar refractivity (Wildman–Crippen MR) is 106 cm³/mol. The monoisotopic (exact) mass is 440 g/mol. The first kappa shape index (κ1) is 21.6. The normalized spacial score (nSPS) is 12.0. The van der Waals surface area contributed by atoms with E-state index < -0.39 is 0 Å². The Morgan fingerprint density at radius 1 is 1.32 bits per heavy atom. The number of halogens is 1. The van der Waals surface area contributed by atoms with E-state index in [9.17, 15) is 0 Å². The zero-order chi connectivity index (χ0) is 15.7. The molecule has 0 amide bonds. The Hall–Kier alpha value is -0.410. The van der Waals surface area contributed by atoms with Crippen LogP contribution < -0.4 is 10.6 Å². The van der Waals surface area contributed by atoms with Crippen LogP contribution in [0.4, 0.5) is 0 Å². The van der Waals surface area contributed by atoms with E-state index in [0.29, 0.717) is 13.2 Å². The Bertz CT molecular complexity index is 443. The van der Waals surface area contributed by atoms with Gasteiger partial charge in [-0.25, -0.2) is 9.98 Å². The van der Waals surface area contributed by atoms with E-state index >= 15 is 0 Å². The quantitative estimate of drug-likeness (QED) is 0.296. The van der Waals surface area contributed by atoms with Crippen LogP contribution in [-0.4, -0.2) is 37.2 Å². The van der Waals surface area contributed by atoms with Gasteiger partial charge in [0.15, 0.2) is 5.96 Å². The molecule has 128 valence electrons. The largest absolute Gasteiger partial charge is 0.380 e. The smallest absolute Gasteiger partial charge is 0.191 e. The Kier molecular flexibility index (Phi) is 11.0. The molecule has 1 rings (SSSR count). The summed E-state index contributed by atoms with van der Waals surface area (Å²) in [5.74, 6) is 0.810. The van der Waals surface area contributed by atoms with E-state index in [1.807, 2.05) is 6.92 Å². The van der Waals surface area contributed by atoms with E-state index in [4.69, 9.17) is 4.74 Å². The zero-order valence-corrected chi connectivity index (χ0v) is 17.4. The summed E-state index contributed by atoms with van der Waals surface area (Å²) in [6.45, 7) is 14.2. The maximum absolute atomic E-state index is 5.31. The molecular formula is C15H29IN4OS. The molecule has 0 spiro atoms. The van der Waals surface area contributed by atoms with Gasteiger partial charge in [0.25, 0.3) is 0 Å². The lowest BCUT2D eigenvalue weighted by atomic mass is 9.93. The van der Waals surface area contributed by atoms with Gasteiger partial charge >= 0.3 is 0 Å². The molecule has 22 heavy (non-hydrogen) atoms. The molecule has 5 nitrogen and oxygen atoms in total. The van der Waals surface area contributed by atoms with Crippen molar-refractivity contribution in [3.8, 4) is 0 Å². The Morgan fingerprint density at radius 3 is 2.59 bits per heavy atom. The molecule has 0 saturated carbocycles. The van der Waals surface area contributed by atoms with Crippen LogP contribution in [-0.2, 0) is 16.7 Å². The van der Waals surface area contributed by atoms with Crippen LogP contribution in [0.3, 0.4) is 0 Å². The molecule has 1 heterocycles. The van der Waals surface area contributed by atoms with E-state index in [0.717, 1.165) is 36.4 Å². The molecule has 0 bridgehead atoms. The summed E-state index contributed by atoms with van der Waals surface area (Å²) in [6.07, 6.45) is 0. The maximum Gasteiger partial charge on any atom is 0.191 e. The molecule has 0 aromatic carbocycles. The summed E-state index contributed by atoms with van der Waals surface area (Å²) in [4.78, 5) is 9.22.